The number of hydrogen-bond donors (Lipinski definition) is 1. The standard InChI is InChI=1S/C16H15N3O3S/c1-12-19-16(11-22-12)14-4-6-15(7-5-14)23(20,21)18-10-13-3-2-8-17-9-13/h2-9,11,18H,10H2,1H3. The molecule has 1 aromatic carbocycles. The van der Waals surface area contributed by atoms with Gasteiger partial charge in [-0.25, -0.2) is 18.1 Å². The minimum Gasteiger partial charge on any atom is -0.449 e. The van der Waals surface area contributed by atoms with E-state index in [9.17, 15) is 8.42 Å². The van der Waals surface area contributed by atoms with E-state index in [1.54, 1.807) is 55.9 Å². The maximum absolute atomic E-state index is 12.3. The molecule has 0 bridgehead atoms. The molecule has 23 heavy (non-hydrogen) atoms. The number of nitrogens with zero attached hydrogens (tertiary/aromatic N) is 2. The lowest BCUT2D eigenvalue weighted by molar-refractivity contribution is 0.521. The summed E-state index contributed by atoms with van der Waals surface area (Å²) in [5.41, 5.74) is 2.27. The van der Waals surface area contributed by atoms with Crippen molar-refractivity contribution in [3.63, 3.8) is 0 Å². The minimum atomic E-state index is -3.57. The number of nitrogens with one attached hydrogen (secondary N) is 1. The average Bonchev–Trinajstić information content (AvgIpc) is 3.01. The van der Waals surface area contributed by atoms with Crippen LogP contribution in [0.1, 0.15) is 11.5 Å². The first-order chi connectivity index (χ1) is 11.0. The first kappa shape index (κ1) is 15.4. The Hall–Kier alpha value is -2.51. The van der Waals surface area contributed by atoms with Gasteiger partial charge in [-0.05, 0) is 23.8 Å². The lowest BCUT2D eigenvalue weighted by atomic mass is 10.2. The monoisotopic (exact) mass is 329 g/mol. The molecule has 0 fully saturated rings. The molecule has 0 aliphatic carbocycles. The number of rotatable bonds is 5. The van der Waals surface area contributed by atoms with Crippen LogP contribution in [0.2, 0.25) is 0 Å². The van der Waals surface area contributed by atoms with Gasteiger partial charge in [-0.1, -0.05) is 18.2 Å². The Kier molecular flexibility index (Phi) is 4.22. The Balaban J connectivity index is 1.75. The van der Waals surface area contributed by atoms with Gasteiger partial charge in [0.15, 0.2) is 5.89 Å². The van der Waals surface area contributed by atoms with Crippen molar-refractivity contribution in [2.75, 3.05) is 0 Å². The quantitative estimate of drug-likeness (QED) is 0.777. The van der Waals surface area contributed by atoms with E-state index < -0.39 is 10.0 Å². The molecule has 0 unspecified atom stereocenters. The molecule has 7 heteroatoms. The van der Waals surface area contributed by atoms with Gasteiger partial charge in [-0.2, -0.15) is 0 Å². The Labute approximate surface area is 134 Å². The number of pyridine rings is 1. The molecular weight excluding hydrogens is 314 g/mol. The number of hydrogen-bond acceptors (Lipinski definition) is 5. The highest BCUT2D eigenvalue weighted by Crippen LogP contribution is 2.20. The third-order valence-corrected chi connectivity index (χ3v) is 4.69. The van der Waals surface area contributed by atoms with Gasteiger partial charge in [0.1, 0.15) is 12.0 Å². The molecule has 6 nitrogen and oxygen atoms in total. The van der Waals surface area contributed by atoms with Crippen LogP contribution in [0, 0.1) is 6.92 Å². The second kappa shape index (κ2) is 6.31. The van der Waals surface area contributed by atoms with E-state index in [4.69, 9.17) is 4.42 Å². The van der Waals surface area contributed by atoms with Crippen molar-refractivity contribution in [2.45, 2.75) is 18.4 Å². The van der Waals surface area contributed by atoms with Crippen molar-refractivity contribution >= 4 is 10.0 Å². The van der Waals surface area contributed by atoms with Gasteiger partial charge in [0, 0.05) is 31.4 Å². The van der Waals surface area contributed by atoms with E-state index in [-0.39, 0.29) is 11.4 Å². The lowest BCUT2D eigenvalue weighted by Gasteiger charge is -2.07. The Morgan fingerprint density at radius 3 is 2.57 bits per heavy atom. The summed E-state index contributed by atoms with van der Waals surface area (Å²) in [6.45, 7) is 1.95. The smallest absolute Gasteiger partial charge is 0.240 e. The Morgan fingerprint density at radius 1 is 1.17 bits per heavy atom. The highest BCUT2D eigenvalue weighted by molar-refractivity contribution is 7.89. The second-order valence-corrected chi connectivity index (χ2v) is 6.73. The number of aromatic nitrogens is 2. The van der Waals surface area contributed by atoms with Crippen molar-refractivity contribution in [3.05, 3.63) is 66.5 Å². The molecule has 2 aromatic heterocycles. The van der Waals surface area contributed by atoms with Crippen LogP contribution in [-0.2, 0) is 16.6 Å². The Morgan fingerprint density at radius 2 is 1.96 bits per heavy atom. The van der Waals surface area contributed by atoms with Crippen LogP contribution >= 0.6 is 0 Å². The highest BCUT2D eigenvalue weighted by atomic mass is 32.2. The fourth-order valence-electron chi connectivity index (χ4n) is 2.07. The number of sulfonamides is 1. The maximum atomic E-state index is 12.3. The van der Waals surface area contributed by atoms with Crippen LogP contribution in [0.3, 0.4) is 0 Å². The van der Waals surface area contributed by atoms with Crippen LogP contribution in [0.15, 0.2) is 64.4 Å². The molecule has 0 amide bonds. The topological polar surface area (TPSA) is 85.1 Å². The Bertz CT molecular complexity index is 888. The van der Waals surface area contributed by atoms with Crippen LogP contribution in [0.25, 0.3) is 11.3 Å². The van der Waals surface area contributed by atoms with Crippen LogP contribution < -0.4 is 4.72 Å². The van der Waals surface area contributed by atoms with Crippen molar-refractivity contribution < 1.29 is 12.8 Å². The summed E-state index contributed by atoms with van der Waals surface area (Å²) in [6.07, 6.45) is 4.81. The van der Waals surface area contributed by atoms with E-state index in [2.05, 4.69) is 14.7 Å². The fourth-order valence-corrected chi connectivity index (χ4v) is 3.08. The molecule has 1 N–H and O–H groups in total. The SMILES string of the molecule is Cc1nc(-c2ccc(S(=O)(=O)NCc3cccnc3)cc2)co1. The van der Waals surface area contributed by atoms with Gasteiger partial charge >= 0.3 is 0 Å². The first-order valence-electron chi connectivity index (χ1n) is 6.96. The molecule has 3 rings (SSSR count). The van der Waals surface area contributed by atoms with Gasteiger partial charge in [-0.15, -0.1) is 0 Å². The first-order valence-corrected chi connectivity index (χ1v) is 8.44. The van der Waals surface area contributed by atoms with E-state index in [1.807, 2.05) is 6.07 Å². The molecular formula is C16H15N3O3S. The van der Waals surface area contributed by atoms with E-state index in [0.717, 1.165) is 11.1 Å². The second-order valence-electron chi connectivity index (χ2n) is 4.96. The molecule has 0 radical (unpaired) electrons. The van der Waals surface area contributed by atoms with Gasteiger partial charge in [0.25, 0.3) is 0 Å². The molecule has 3 aromatic rings. The molecule has 0 saturated heterocycles. The molecule has 0 saturated carbocycles. The number of oxazole rings is 1. The zero-order valence-electron chi connectivity index (χ0n) is 12.4. The zero-order chi connectivity index (χ0) is 16.3. The van der Waals surface area contributed by atoms with Crippen LogP contribution in [0.5, 0.6) is 0 Å². The molecule has 118 valence electrons. The maximum Gasteiger partial charge on any atom is 0.240 e. The summed E-state index contributed by atoms with van der Waals surface area (Å²) < 4.78 is 32.3. The zero-order valence-corrected chi connectivity index (χ0v) is 13.2. The third-order valence-electron chi connectivity index (χ3n) is 3.27. The average molecular weight is 329 g/mol. The van der Waals surface area contributed by atoms with Crippen molar-refractivity contribution in [1.82, 2.24) is 14.7 Å². The highest BCUT2D eigenvalue weighted by Gasteiger charge is 2.14. The van der Waals surface area contributed by atoms with E-state index in [1.165, 1.54) is 0 Å². The molecule has 2 heterocycles. The summed E-state index contributed by atoms with van der Waals surface area (Å²) in [7, 11) is -3.57. The van der Waals surface area contributed by atoms with Gasteiger partial charge < -0.3 is 4.42 Å². The normalized spacial score (nSPS) is 11.5. The number of aryl methyl sites for hydroxylation is 1. The molecule has 0 atom stereocenters. The largest absolute Gasteiger partial charge is 0.449 e. The summed E-state index contributed by atoms with van der Waals surface area (Å²) in [6, 6.07) is 10.1. The van der Waals surface area contributed by atoms with E-state index in [0.29, 0.717) is 11.6 Å². The summed E-state index contributed by atoms with van der Waals surface area (Å²) in [5.74, 6) is 0.565. The summed E-state index contributed by atoms with van der Waals surface area (Å²) >= 11 is 0. The van der Waals surface area contributed by atoms with Crippen molar-refractivity contribution in [1.29, 1.82) is 0 Å². The predicted octanol–water partition coefficient (Wildman–Crippen LogP) is 2.52. The van der Waals surface area contributed by atoms with Gasteiger partial charge in [0.05, 0.1) is 4.90 Å². The summed E-state index contributed by atoms with van der Waals surface area (Å²) in [4.78, 5) is 8.36. The van der Waals surface area contributed by atoms with Crippen molar-refractivity contribution in [3.8, 4) is 11.3 Å². The minimum absolute atomic E-state index is 0.195. The summed E-state index contributed by atoms with van der Waals surface area (Å²) in [5, 5.41) is 0. The van der Waals surface area contributed by atoms with E-state index >= 15 is 0 Å². The van der Waals surface area contributed by atoms with Crippen LogP contribution in [0.4, 0.5) is 0 Å². The fraction of sp³-hybridized carbons (Fsp3) is 0.125. The number of benzene rings is 1. The molecule has 0 aliphatic rings. The molecule has 0 aliphatic heterocycles. The molecule has 0 spiro atoms. The van der Waals surface area contributed by atoms with Crippen LogP contribution in [-0.4, -0.2) is 18.4 Å². The lowest BCUT2D eigenvalue weighted by Crippen LogP contribution is -2.23. The van der Waals surface area contributed by atoms with Gasteiger partial charge in [0.2, 0.25) is 10.0 Å². The van der Waals surface area contributed by atoms with Gasteiger partial charge in [-0.3, -0.25) is 4.98 Å². The van der Waals surface area contributed by atoms with Crippen molar-refractivity contribution in [2.24, 2.45) is 0 Å². The predicted molar refractivity (Wildman–Crippen MR) is 84.9 cm³/mol. The third kappa shape index (κ3) is 3.64.